The van der Waals surface area contributed by atoms with E-state index in [1.807, 2.05) is 19.9 Å². The molecule has 0 spiro atoms. The van der Waals surface area contributed by atoms with Gasteiger partial charge in [0.2, 0.25) is 0 Å². The van der Waals surface area contributed by atoms with Gasteiger partial charge in [-0.25, -0.2) is 4.98 Å². The highest BCUT2D eigenvalue weighted by Gasteiger charge is 2.25. The van der Waals surface area contributed by atoms with Gasteiger partial charge in [-0.15, -0.1) is 0 Å². The number of aliphatic hydroxyl groups excluding tert-OH is 1. The summed E-state index contributed by atoms with van der Waals surface area (Å²) in [5, 5.41) is 15.5. The topological polar surface area (TPSA) is 87.6 Å². The minimum Gasteiger partial charge on any atom is -0.385 e. The predicted octanol–water partition coefficient (Wildman–Crippen LogP) is 2.19. The lowest BCUT2D eigenvalue weighted by Crippen LogP contribution is -2.47. The van der Waals surface area contributed by atoms with Gasteiger partial charge in [-0.05, 0) is 50.8 Å². The molecular formula is C23H29N5O3. The molecule has 1 N–H and O–H groups in total. The fraction of sp³-hybridized carbons (Fsp3) is 0.522. The van der Waals surface area contributed by atoms with Crippen LogP contribution in [-0.4, -0.2) is 57.4 Å². The fourth-order valence-corrected chi connectivity index (χ4v) is 4.76. The first-order valence-electron chi connectivity index (χ1n) is 11.1. The Morgan fingerprint density at radius 2 is 1.97 bits per heavy atom. The van der Waals surface area contributed by atoms with Crippen molar-refractivity contribution in [2.24, 2.45) is 0 Å². The summed E-state index contributed by atoms with van der Waals surface area (Å²) in [5.41, 5.74) is 3.54. The van der Waals surface area contributed by atoms with Gasteiger partial charge in [-0.3, -0.25) is 14.3 Å². The van der Waals surface area contributed by atoms with Crippen molar-refractivity contribution >= 4 is 16.8 Å². The molecule has 31 heavy (non-hydrogen) atoms. The first kappa shape index (κ1) is 20.2. The minimum atomic E-state index is -0.626. The number of benzene rings is 1. The summed E-state index contributed by atoms with van der Waals surface area (Å²) in [6, 6.07) is 6.19. The highest BCUT2D eigenvalue weighted by Crippen LogP contribution is 2.27. The second-order valence-corrected chi connectivity index (χ2v) is 8.73. The Morgan fingerprint density at radius 3 is 2.77 bits per heavy atom. The summed E-state index contributed by atoms with van der Waals surface area (Å²) in [7, 11) is 0. The summed E-state index contributed by atoms with van der Waals surface area (Å²) >= 11 is 0. The molecule has 1 atom stereocenters. The van der Waals surface area contributed by atoms with Crippen molar-refractivity contribution in [1.82, 2.24) is 19.6 Å². The van der Waals surface area contributed by atoms with E-state index in [9.17, 15) is 9.90 Å². The van der Waals surface area contributed by atoms with Crippen LogP contribution in [0.1, 0.15) is 41.6 Å². The first-order chi connectivity index (χ1) is 15.0. The van der Waals surface area contributed by atoms with E-state index in [4.69, 9.17) is 4.52 Å². The lowest BCUT2D eigenvalue weighted by Gasteiger charge is -2.34. The molecule has 2 aromatic heterocycles. The largest absolute Gasteiger partial charge is 0.385 e. The SMILES string of the molecule is Cc1ccc2c(N3CCN(CCc4c(C)nc5n(c4=O)CCCC5O)CC3)noc2c1. The fourth-order valence-electron chi connectivity index (χ4n) is 4.76. The third-order valence-corrected chi connectivity index (χ3v) is 6.61. The van der Waals surface area contributed by atoms with Gasteiger partial charge in [0.25, 0.3) is 5.56 Å². The van der Waals surface area contributed by atoms with Gasteiger partial charge in [0.05, 0.1) is 5.39 Å². The summed E-state index contributed by atoms with van der Waals surface area (Å²) < 4.78 is 7.20. The molecule has 1 fully saturated rings. The minimum absolute atomic E-state index is 0.0178. The molecule has 4 heterocycles. The van der Waals surface area contributed by atoms with Crippen molar-refractivity contribution in [1.29, 1.82) is 0 Å². The van der Waals surface area contributed by atoms with E-state index >= 15 is 0 Å². The zero-order valence-corrected chi connectivity index (χ0v) is 18.2. The van der Waals surface area contributed by atoms with Crippen LogP contribution >= 0.6 is 0 Å². The van der Waals surface area contributed by atoms with Crippen molar-refractivity contribution in [3.63, 3.8) is 0 Å². The number of piperazine rings is 1. The summed E-state index contributed by atoms with van der Waals surface area (Å²) in [4.78, 5) is 22.2. The molecule has 1 unspecified atom stereocenters. The van der Waals surface area contributed by atoms with Crippen LogP contribution in [0.4, 0.5) is 5.82 Å². The van der Waals surface area contributed by atoms with Crippen LogP contribution in [0.25, 0.3) is 11.0 Å². The number of rotatable bonds is 4. The van der Waals surface area contributed by atoms with Gasteiger partial charge in [0.1, 0.15) is 11.9 Å². The van der Waals surface area contributed by atoms with E-state index in [1.54, 1.807) is 4.57 Å². The number of aromatic nitrogens is 3. The van der Waals surface area contributed by atoms with Crippen LogP contribution in [0.2, 0.25) is 0 Å². The molecule has 3 aromatic rings. The summed E-state index contributed by atoms with van der Waals surface area (Å²) in [5.74, 6) is 1.45. The molecular weight excluding hydrogens is 394 g/mol. The quantitative estimate of drug-likeness (QED) is 0.688. The van der Waals surface area contributed by atoms with E-state index in [-0.39, 0.29) is 5.56 Å². The smallest absolute Gasteiger partial charge is 0.257 e. The van der Waals surface area contributed by atoms with Crippen LogP contribution in [0.5, 0.6) is 0 Å². The number of anilines is 1. The van der Waals surface area contributed by atoms with E-state index in [0.717, 1.165) is 72.8 Å². The Bertz CT molecular complexity index is 1160. The van der Waals surface area contributed by atoms with Gasteiger partial charge in [-0.1, -0.05) is 11.2 Å². The van der Waals surface area contributed by atoms with Gasteiger partial charge in [0.15, 0.2) is 11.4 Å². The highest BCUT2D eigenvalue weighted by molar-refractivity contribution is 5.89. The first-order valence-corrected chi connectivity index (χ1v) is 11.1. The van der Waals surface area contributed by atoms with E-state index in [2.05, 4.69) is 32.1 Å². The molecule has 0 aliphatic carbocycles. The molecule has 2 aliphatic heterocycles. The third-order valence-electron chi connectivity index (χ3n) is 6.61. The van der Waals surface area contributed by atoms with Crippen LogP contribution in [0, 0.1) is 13.8 Å². The maximum absolute atomic E-state index is 13.0. The summed E-state index contributed by atoms with van der Waals surface area (Å²) in [6.45, 7) is 8.99. The average Bonchev–Trinajstić information content (AvgIpc) is 3.18. The third kappa shape index (κ3) is 3.74. The molecule has 0 bridgehead atoms. The van der Waals surface area contributed by atoms with Crippen molar-refractivity contribution in [3.8, 4) is 0 Å². The molecule has 0 saturated carbocycles. The Hall–Kier alpha value is -2.71. The van der Waals surface area contributed by atoms with E-state index in [0.29, 0.717) is 25.2 Å². The van der Waals surface area contributed by atoms with Gasteiger partial charge in [-0.2, -0.15) is 0 Å². The number of fused-ring (bicyclic) bond motifs is 2. The lowest BCUT2D eigenvalue weighted by atomic mass is 10.1. The number of hydrogen-bond donors (Lipinski definition) is 1. The molecule has 5 rings (SSSR count). The molecule has 2 aliphatic rings. The molecule has 164 valence electrons. The standard InChI is InChI=1S/C23H29N5O3/c1-15-5-6-18-20(14-15)31-25-21(18)27-12-10-26(11-13-27)9-7-17-16(2)24-22-19(29)4-3-8-28(22)23(17)30/h5-6,14,19,29H,3-4,7-13H2,1-2H3. The molecule has 0 amide bonds. The molecule has 1 aromatic carbocycles. The molecule has 8 heteroatoms. The van der Waals surface area contributed by atoms with Gasteiger partial charge >= 0.3 is 0 Å². The molecule has 1 saturated heterocycles. The predicted molar refractivity (Wildman–Crippen MR) is 119 cm³/mol. The van der Waals surface area contributed by atoms with Gasteiger partial charge in [0, 0.05) is 50.5 Å². The second kappa shape index (κ2) is 8.09. The Kier molecular flexibility index (Phi) is 5.27. The Labute approximate surface area is 181 Å². The zero-order valence-electron chi connectivity index (χ0n) is 18.2. The second-order valence-electron chi connectivity index (χ2n) is 8.73. The van der Waals surface area contributed by atoms with Crippen LogP contribution in [0.3, 0.4) is 0 Å². The van der Waals surface area contributed by atoms with Crippen molar-refractivity contribution < 1.29 is 9.63 Å². The maximum atomic E-state index is 13.0. The van der Waals surface area contributed by atoms with Crippen LogP contribution in [-0.2, 0) is 13.0 Å². The van der Waals surface area contributed by atoms with Gasteiger partial charge < -0.3 is 14.5 Å². The molecule has 0 radical (unpaired) electrons. The lowest BCUT2D eigenvalue weighted by molar-refractivity contribution is 0.129. The molecule has 8 nitrogen and oxygen atoms in total. The van der Waals surface area contributed by atoms with Crippen molar-refractivity contribution in [2.45, 2.75) is 45.8 Å². The monoisotopic (exact) mass is 423 g/mol. The zero-order chi connectivity index (χ0) is 21.5. The van der Waals surface area contributed by atoms with E-state index in [1.165, 1.54) is 0 Å². The number of aliphatic hydroxyl groups is 1. The van der Waals surface area contributed by atoms with Crippen LogP contribution in [0.15, 0.2) is 27.5 Å². The summed E-state index contributed by atoms with van der Waals surface area (Å²) in [6.07, 6.45) is 1.55. The Morgan fingerprint density at radius 1 is 1.16 bits per heavy atom. The number of nitrogens with zero attached hydrogens (tertiary/aromatic N) is 5. The average molecular weight is 424 g/mol. The van der Waals surface area contributed by atoms with Crippen LogP contribution < -0.4 is 10.5 Å². The maximum Gasteiger partial charge on any atom is 0.257 e. The Balaban J connectivity index is 1.24. The highest BCUT2D eigenvalue weighted by atomic mass is 16.5. The normalized spacial score (nSPS) is 19.7. The van der Waals surface area contributed by atoms with E-state index < -0.39 is 6.10 Å². The van der Waals surface area contributed by atoms with Crippen molar-refractivity contribution in [2.75, 3.05) is 37.6 Å². The van der Waals surface area contributed by atoms with Crippen molar-refractivity contribution in [3.05, 3.63) is 51.2 Å². The number of aryl methyl sites for hydroxylation is 2. The number of hydrogen-bond acceptors (Lipinski definition) is 7.